The number of fused-ring (bicyclic) bond motifs is 1. The van der Waals surface area contributed by atoms with E-state index in [1.54, 1.807) is 6.07 Å². The van der Waals surface area contributed by atoms with Crippen LogP contribution in [0.2, 0.25) is 5.02 Å². The minimum Gasteiger partial charge on any atom is -0.469 e. The van der Waals surface area contributed by atoms with Gasteiger partial charge in [0.15, 0.2) is 0 Å². The molecular formula is C22H21ClN2O3. The number of pyridine rings is 1. The van der Waals surface area contributed by atoms with Gasteiger partial charge in [0.05, 0.1) is 13.0 Å². The van der Waals surface area contributed by atoms with Crippen LogP contribution in [0.4, 0.5) is 5.69 Å². The summed E-state index contributed by atoms with van der Waals surface area (Å²) in [7, 11) is 1.40. The Hall–Kier alpha value is -2.79. The van der Waals surface area contributed by atoms with E-state index in [4.69, 9.17) is 16.3 Å². The molecule has 5 nitrogen and oxygen atoms in total. The summed E-state index contributed by atoms with van der Waals surface area (Å²) in [4.78, 5) is 30.2. The number of aromatic amines is 1. The topological polar surface area (TPSA) is 62.4 Å². The number of nitrogens with one attached hydrogen (secondary N) is 1. The minimum atomic E-state index is -0.239. The molecule has 144 valence electrons. The molecule has 1 aromatic heterocycles. The van der Waals surface area contributed by atoms with Crippen LogP contribution in [0, 0.1) is 5.92 Å². The van der Waals surface area contributed by atoms with Crippen molar-refractivity contribution < 1.29 is 9.53 Å². The molecule has 1 aliphatic heterocycles. The highest BCUT2D eigenvalue weighted by Crippen LogP contribution is 2.37. The summed E-state index contributed by atoms with van der Waals surface area (Å²) in [5.74, 6) is -0.469. The first-order valence-corrected chi connectivity index (χ1v) is 9.70. The first-order valence-electron chi connectivity index (χ1n) is 9.32. The zero-order chi connectivity index (χ0) is 19.7. The smallest absolute Gasteiger partial charge is 0.310 e. The van der Waals surface area contributed by atoms with Crippen LogP contribution < -0.4 is 10.5 Å². The molecule has 1 aliphatic rings. The summed E-state index contributed by atoms with van der Waals surface area (Å²) in [6.45, 7) is 1.17. The van der Waals surface area contributed by atoms with Crippen molar-refractivity contribution >= 4 is 34.2 Å². The first-order chi connectivity index (χ1) is 13.6. The van der Waals surface area contributed by atoms with E-state index in [9.17, 15) is 9.59 Å². The van der Waals surface area contributed by atoms with Crippen molar-refractivity contribution in [2.75, 3.05) is 25.1 Å². The van der Waals surface area contributed by atoms with E-state index in [2.05, 4.69) is 4.98 Å². The second-order valence-electron chi connectivity index (χ2n) is 7.04. The molecule has 6 heteroatoms. The van der Waals surface area contributed by atoms with Crippen molar-refractivity contribution in [2.24, 2.45) is 5.92 Å². The second-order valence-corrected chi connectivity index (χ2v) is 7.48. The number of carbonyl (C=O) groups is 1. The molecule has 1 atom stereocenters. The Morgan fingerprint density at radius 3 is 2.75 bits per heavy atom. The number of methoxy groups -OCH3 is 1. The summed E-state index contributed by atoms with van der Waals surface area (Å²) in [5.41, 5.74) is 2.93. The highest BCUT2D eigenvalue weighted by Gasteiger charge is 2.30. The van der Waals surface area contributed by atoms with Gasteiger partial charge in [0, 0.05) is 34.6 Å². The molecule has 0 bridgehead atoms. The summed E-state index contributed by atoms with van der Waals surface area (Å²) in [5, 5.41) is 1.49. The fraction of sp³-hybridized carbons (Fsp3) is 0.273. The first kappa shape index (κ1) is 18.6. The number of ether oxygens (including phenoxy) is 1. The number of piperidine rings is 1. The number of esters is 1. The van der Waals surface area contributed by atoms with Crippen molar-refractivity contribution in [1.82, 2.24) is 4.98 Å². The van der Waals surface area contributed by atoms with Crippen LogP contribution in [-0.4, -0.2) is 31.2 Å². The van der Waals surface area contributed by atoms with Crippen molar-refractivity contribution in [3.63, 3.8) is 0 Å². The van der Waals surface area contributed by atoms with Crippen LogP contribution in [0.15, 0.2) is 53.3 Å². The van der Waals surface area contributed by atoms with Crippen LogP contribution >= 0.6 is 11.6 Å². The van der Waals surface area contributed by atoms with E-state index in [0.29, 0.717) is 23.8 Å². The molecular weight excluding hydrogens is 376 g/mol. The molecule has 0 amide bonds. The lowest BCUT2D eigenvalue weighted by atomic mass is 9.94. The number of hydrogen-bond acceptors (Lipinski definition) is 4. The Bertz CT molecular complexity index is 1080. The molecule has 0 saturated carbocycles. The molecule has 2 aromatic carbocycles. The molecule has 3 aromatic rings. The molecule has 1 unspecified atom stereocenters. The van der Waals surface area contributed by atoms with Crippen molar-refractivity contribution in [1.29, 1.82) is 0 Å². The number of benzene rings is 2. The van der Waals surface area contributed by atoms with E-state index in [0.717, 1.165) is 34.9 Å². The number of anilines is 1. The van der Waals surface area contributed by atoms with Gasteiger partial charge in [-0.3, -0.25) is 9.59 Å². The average Bonchev–Trinajstić information content (AvgIpc) is 2.73. The fourth-order valence-corrected chi connectivity index (χ4v) is 4.17. The zero-order valence-corrected chi connectivity index (χ0v) is 16.3. The average molecular weight is 397 g/mol. The molecule has 1 N–H and O–H groups in total. The monoisotopic (exact) mass is 396 g/mol. The van der Waals surface area contributed by atoms with Crippen LogP contribution in [-0.2, 0) is 9.53 Å². The summed E-state index contributed by atoms with van der Waals surface area (Å²) in [6.07, 6.45) is 1.59. The molecule has 2 heterocycles. The lowest BCUT2D eigenvalue weighted by Crippen LogP contribution is -2.41. The summed E-state index contributed by atoms with van der Waals surface area (Å²) in [6, 6.07) is 15.3. The highest BCUT2D eigenvalue weighted by molar-refractivity contribution is 6.31. The van der Waals surface area contributed by atoms with Crippen molar-refractivity contribution in [3.05, 3.63) is 63.9 Å². The SMILES string of the molecule is COC(=O)C1CCCN(c2c(-c3ccccc3)c3cc(Cl)ccc3[nH]c2=O)C1. The third-order valence-corrected chi connectivity index (χ3v) is 5.52. The quantitative estimate of drug-likeness (QED) is 0.673. The Labute approximate surface area is 167 Å². The van der Waals surface area contributed by atoms with Gasteiger partial charge in [0.1, 0.15) is 5.69 Å². The number of hydrogen-bond donors (Lipinski definition) is 1. The second kappa shape index (κ2) is 7.68. The molecule has 4 rings (SSSR count). The minimum absolute atomic E-state index is 0.167. The highest BCUT2D eigenvalue weighted by atomic mass is 35.5. The van der Waals surface area contributed by atoms with Gasteiger partial charge in [-0.15, -0.1) is 0 Å². The number of halogens is 1. The van der Waals surface area contributed by atoms with Gasteiger partial charge < -0.3 is 14.6 Å². The number of nitrogens with zero attached hydrogens (tertiary/aromatic N) is 1. The van der Waals surface area contributed by atoms with Gasteiger partial charge in [-0.1, -0.05) is 41.9 Å². The normalized spacial score (nSPS) is 16.9. The van der Waals surface area contributed by atoms with E-state index in [1.807, 2.05) is 47.4 Å². The van der Waals surface area contributed by atoms with Crippen molar-refractivity contribution in [3.8, 4) is 11.1 Å². The van der Waals surface area contributed by atoms with Gasteiger partial charge in [-0.25, -0.2) is 0 Å². The number of carbonyl (C=O) groups excluding carboxylic acids is 1. The number of aromatic nitrogens is 1. The maximum atomic E-state index is 13.1. The van der Waals surface area contributed by atoms with Crippen LogP contribution in [0.25, 0.3) is 22.0 Å². The Morgan fingerprint density at radius 2 is 2.00 bits per heavy atom. The Kier molecular flexibility index (Phi) is 5.09. The van der Waals surface area contributed by atoms with Gasteiger partial charge in [0.2, 0.25) is 0 Å². The third-order valence-electron chi connectivity index (χ3n) is 5.29. The molecule has 1 saturated heterocycles. The lowest BCUT2D eigenvalue weighted by molar-refractivity contribution is -0.145. The molecule has 1 fully saturated rings. The van der Waals surface area contributed by atoms with Crippen LogP contribution in [0.5, 0.6) is 0 Å². The Balaban J connectivity index is 1.94. The molecule has 28 heavy (non-hydrogen) atoms. The van der Waals surface area contributed by atoms with Crippen molar-refractivity contribution in [2.45, 2.75) is 12.8 Å². The maximum Gasteiger partial charge on any atom is 0.310 e. The summed E-state index contributed by atoms with van der Waals surface area (Å²) < 4.78 is 4.94. The summed E-state index contributed by atoms with van der Waals surface area (Å²) >= 11 is 6.27. The standard InChI is InChI=1S/C22H21ClN2O3/c1-28-22(27)15-8-5-11-25(13-15)20-19(14-6-3-2-4-7-14)17-12-16(23)9-10-18(17)24-21(20)26/h2-4,6-7,9-10,12,15H,5,8,11,13H2,1H3,(H,24,26). The zero-order valence-electron chi connectivity index (χ0n) is 15.6. The van der Waals surface area contributed by atoms with E-state index in [1.165, 1.54) is 7.11 Å². The number of H-pyrrole nitrogens is 1. The molecule has 0 spiro atoms. The largest absolute Gasteiger partial charge is 0.469 e. The molecule has 0 aliphatic carbocycles. The predicted molar refractivity (Wildman–Crippen MR) is 112 cm³/mol. The predicted octanol–water partition coefficient (Wildman–Crippen LogP) is 4.24. The maximum absolute atomic E-state index is 13.1. The van der Waals surface area contributed by atoms with E-state index in [-0.39, 0.29) is 17.4 Å². The number of rotatable bonds is 3. The Morgan fingerprint density at radius 1 is 1.21 bits per heavy atom. The van der Waals surface area contributed by atoms with E-state index >= 15 is 0 Å². The van der Waals surface area contributed by atoms with Gasteiger partial charge >= 0.3 is 5.97 Å². The van der Waals surface area contributed by atoms with Gasteiger partial charge in [-0.2, -0.15) is 0 Å². The van der Waals surface area contributed by atoms with Crippen LogP contribution in [0.3, 0.4) is 0 Å². The van der Waals surface area contributed by atoms with Gasteiger partial charge in [0.25, 0.3) is 5.56 Å². The molecule has 0 radical (unpaired) electrons. The lowest BCUT2D eigenvalue weighted by Gasteiger charge is -2.34. The van der Waals surface area contributed by atoms with Gasteiger partial charge in [-0.05, 0) is 36.6 Å². The van der Waals surface area contributed by atoms with Crippen LogP contribution in [0.1, 0.15) is 12.8 Å². The van der Waals surface area contributed by atoms with E-state index < -0.39 is 0 Å². The fourth-order valence-electron chi connectivity index (χ4n) is 3.99. The third kappa shape index (κ3) is 3.38.